The predicted molar refractivity (Wildman–Crippen MR) is 136 cm³/mol. The van der Waals surface area contributed by atoms with E-state index in [4.69, 9.17) is 39.5 Å². The fourth-order valence-corrected chi connectivity index (χ4v) is 4.31. The number of carbonyl (C=O) groups is 2. The normalized spacial score (nSPS) is 15.4. The van der Waals surface area contributed by atoms with Crippen molar-refractivity contribution in [2.24, 2.45) is 5.92 Å². The molecule has 4 rings (SSSR count). The van der Waals surface area contributed by atoms with E-state index in [9.17, 15) is 9.59 Å². The van der Waals surface area contributed by atoms with Crippen LogP contribution in [0.3, 0.4) is 0 Å². The van der Waals surface area contributed by atoms with E-state index in [2.05, 4.69) is 10.9 Å². The number of benzene rings is 3. The molecule has 1 aliphatic heterocycles. The van der Waals surface area contributed by atoms with Gasteiger partial charge < -0.3 is 9.64 Å². The monoisotopic (exact) mass is 517 g/mol. The second kappa shape index (κ2) is 10.6. The van der Waals surface area contributed by atoms with Crippen molar-refractivity contribution in [1.82, 2.24) is 5.43 Å². The molecule has 1 atom stereocenters. The minimum atomic E-state index is -0.494. The summed E-state index contributed by atoms with van der Waals surface area (Å²) in [6.07, 6.45) is 0.130. The van der Waals surface area contributed by atoms with Crippen molar-refractivity contribution >= 4 is 58.0 Å². The van der Waals surface area contributed by atoms with Gasteiger partial charge in [-0.05, 0) is 49.4 Å². The topological polar surface area (TPSA) is 70.7 Å². The Labute approximate surface area is 212 Å². The van der Waals surface area contributed by atoms with Crippen LogP contribution in [0, 0.1) is 12.8 Å². The number of anilines is 2. The lowest BCUT2D eigenvalue weighted by Crippen LogP contribution is -2.36. The molecule has 176 valence electrons. The van der Waals surface area contributed by atoms with E-state index < -0.39 is 5.92 Å². The zero-order chi connectivity index (χ0) is 24.2. The summed E-state index contributed by atoms with van der Waals surface area (Å²) < 4.78 is 5.90. The zero-order valence-electron chi connectivity index (χ0n) is 18.3. The van der Waals surface area contributed by atoms with E-state index in [0.717, 1.165) is 11.3 Å². The van der Waals surface area contributed by atoms with Crippen LogP contribution in [0.4, 0.5) is 11.4 Å². The van der Waals surface area contributed by atoms with Gasteiger partial charge in [-0.25, -0.2) is 0 Å². The first-order valence-electron chi connectivity index (χ1n) is 10.6. The van der Waals surface area contributed by atoms with Crippen LogP contribution >= 0.6 is 34.8 Å². The molecule has 2 amide bonds. The molecule has 1 saturated heterocycles. The molecule has 9 heteroatoms. The van der Waals surface area contributed by atoms with Crippen molar-refractivity contribution in [3.63, 3.8) is 0 Å². The highest BCUT2D eigenvalue weighted by Gasteiger charge is 2.35. The molecule has 0 aliphatic carbocycles. The van der Waals surface area contributed by atoms with E-state index in [-0.39, 0.29) is 24.8 Å². The molecule has 6 nitrogen and oxygen atoms in total. The third kappa shape index (κ3) is 5.58. The quantitative estimate of drug-likeness (QED) is 0.375. The van der Waals surface area contributed by atoms with Crippen molar-refractivity contribution in [2.75, 3.05) is 16.9 Å². The summed E-state index contributed by atoms with van der Waals surface area (Å²) in [6.45, 7) is 2.42. The van der Waals surface area contributed by atoms with E-state index in [1.165, 1.54) is 0 Å². The first kappa shape index (κ1) is 24.2. The van der Waals surface area contributed by atoms with Gasteiger partial charge in [-0.2, -0.15) is 0 Å². The van der Waals surface area contributed by atoms with Crippen molar-refractivity contribution in [2.45, 2.75) is 20.0 Å². The molecule has 0 aromatic heterocycles. The van der Waals surface area contributed by atoms with Crippen LogP contribution in [0.25, 0.3) is 0 Å². The summed E-state index contributed by atoms with van der Waals surface area (Å²) >= 11 is 18.6. The van der Waals surface area contributed by atoms with Crippen molar-refractivity contribution in [1.29, 1.82) is 0 Å². The highest BCUT2D eigenvalue weighted by molar-refractivity contribution is 6.36. The molecule has 0 spiro atoms. The number of halogens is 3. The van der Waals surface area contributed by atoms with Gasteiger partial charge in [-0.3, -0.25) is 20.4 Å². The fourth-order valence-electron chi connectivity index (χ4n) is 3.63. The van der Waals surface area contributed by atoms with Crippen LogP contribution in [-0.4, -0.2) is 18.4 Å². The Balaban J connectivity index is 1.40. The minimum absolute atomic E-state index is 0.0904. The fraction of sp³-hybridized carbons (Fsp3) is 0.200. The molecular weight excluding hydrogens is 497 g/mol. The number of nitrogens with zero attached hydrogens (tertiary/aromatic N) is 1. The molecule has 3 aromatic carbocycles. The maximum absolute atomic E-state index is 12.8. The summed E-state index contributed by atoms with van der Waals surface area (Å²) in [6, 6.07) is 17.8. The predicted octanol–water partition coefficient (Wildman–Crippen LogP) is 6.03. The molecular formula is C25H22Cl3N3O3. The van der Waals surface area contributed by atoms with Crippen LogP contribution in [0.5, 0.6) is 5.75 Å². The number of aryl methyl sites for hydroxylation is 1. The lowest BCUT2D eigenvalue weighted by molar-refractivity contribution is -0.125. The highest BCUT2D eigenvalue weighted by atomic mass is 35.5. The Morgan fingerprint density at radius 2 is 1.76 bits per heavy atom. The van der Waals surface area contributed by atoms with Crippen molar-refractivity contribution in [3.8, 4) is 5.75 Å². The smallest absolute Gasteiger partial charge is 0.243 e. The first-order valence-corrected chi connectivity index (χ1v) is 11.7. The summed E-state index contributed by atoms with van der Waals surface area (Å²) in [4.78, 5) is 26.9. The summed E-state index contributed by atoms with van der Waals surface area (Å²) in [5.74, 6) is -0.438. The maximum atomic E-state index is 12.8. The Bertz CT molecular complexity index is 1200. The summed E-state index contributed by atoms with van der Waals surface area (Å²) in [7, 11) is 0. The van der Waals surface area contributed by atoms with Gasteiger partial charge in [0.15, 0.2) is 0 Å². The number of carbonyl (C=O) groups excluding carboxylic acids is 2. The molecule has 0 saturated carbocycles. The van der Waals surface area contributed by atoms with Crippen LogP contribution in [0.2, 0.25) is 15.1 Å². The number of hydrogen-bond donors (Lipinski definition) is 2. The van der Waals surface area contributed by atoms with Gasteiger partial charge in [0.1, 0.15) is 12.4 Å². The molecule has 3 aromatic rings. The van der Waals surface area contributed by atoms with Gasteiger partial charge in [-0.15, -0.1) is 0 Å². The Kier molecular flexibility index (Phi) is 7.51. The number of hydrogen-bond acceptors (Lipinski definition) is 4. The Morgan fingerprint density at radius 1 is 1.06 bits per heavy atom. The van der Waals surface area contributed by atoms with E-state index in [1.54, 1.807) is 41.3 Å². The SMILES string of the molecule is Cc1ccc(N2C[C@H](C(=O)NNc3cc(Cl)ccc3OCc3c(Cl)cccc3Cl)CC2=O)cc1. The summed E-state index contributed by atoms with van der Waals surface area (Å²) in [5, 5.41) is 1.45. The Hall–Kier alpha value is -2.93. The molecule has 0 radical (unpaired) electrons. The van der Waals surface area contributed by atoms with Gasteiger partial charge in [-0.1, -0.05) is 58.6 Å². The minimum Gasteiger partial charge on any atom is -0.487 e. The van der Waals surface area contributed by atoms with Crippen LogP contribution < -0.4 is 20.5 Å². The van der Waals surface area contributed by atoms with Crippen LogP contribution in [0.1, 0.15) is 17.5 Å². The van der Waals surface area contributed by atoms with Gasteiger partial charge in [0.2, 0.25) is 11.8 Å². The average molecular weight is 519 g/mol. The molecule has 34 heavy (non-hydrogen) atoms. The summed E-state index contributed by atoms with van der Waals surface area (Å²) in [5.41, 5.74) is 8.53. The molecule has 1 fully saturated rings. The number of amides is 2. The highest BCUT2D eigenvalue weighted by Crippen LogP contribution is 2.31. The van der Waals surface area contributed by atoms with Gasteiger partial charge in [0.05, 0.1) is 11.6 Å². The molecule has 1 aliphatic rings. The van der Waals surface area contributed by atoms with Gasteiger partial charge >= 0.3 is 0 Å². The average Bonchev–Trinajstić information content (AvgIpc) is 3.20. The number of ether oxygens (including phenoxy) is 1. The van der Waals surface area contributed by atoms with Crippen molar-refractivity contribution < 1.29 is 14.3 Å². The van der Waals surface area contributed by atoms with E-state index >= 15 is 0 Å². The second-order valence-electron chi connectivity index (χ2n) is 7.98. The van der Waals surface area contributed by atoms with E-state index in [1.807, 2.05) is 31.2 Å². The standard InChI is InChI=1S/C25H22Cl3N3O3/c1-15-5-8-18(9-6-15)31-13-16(11-24(31)32)25(33)30-29-22-12-17(26)7-10-23(22)34-14-19-20(27)3-2-4-21(19)28/h2-10,12,16,29H,11,13-14H2,1H3,(H,30,33)/t16-/m1/s1. The number of hydrazine groups is 1. The molecule has 1 heterocycles. The van der Waals surface area contributed by atoms with E-state index in [0.29, 0.717) is 38.6 Å². The lowest BCUT2D eigenvalue weighted by atomic mass is 10.1. The lowest BCUT2D eigenvalue weighted by Gasteiger charge is -2.18. The van der Waals surface area contributed by atoms with Gasteiger partial charge in [0.25, 0.3) is 0 Å². The second-order valence-corrected chi connectivity index (χ2v) is 9.24. The third-order valence-corrected chi connectivity index (χ3v) is 6.48. The third-order valence-electron chi connectivity index (χ3n) is 5.54. The Morgan fingerprint density at radius 3 is 2.47 bits per heavy atom. The van der Waals surface area contributed by atoms with Crippen LogP contribution in [0.15, 0.2) is 60.7 Å². The first-order chi connectivity index (χ1) is 16.3. The largest absolute Gasteiger partial charge is 0.487 e. The molecule has 0 unspecified atom stereocenters. The number of nitrogens with one attached hydrogen (secondary N) is 2. The zero-order valence-corrected chi connectivity index (χ0v) is 20.5. The number of rotatable bonds is 7. The van der Waals surface area contributed by atoms with Crippen molar-refractivity contribution in [3.05, 3.63) is 86.9 Å². The maximum Gasteiger partial charge on any atom is 0.243 e. The molecule has 0 bridgehead atoms. The van der Waals surface area contributed by atoms with Crippen LogP contribution in [-0.2, 0) is 16.2 Å². The molecule has 2 N–H and O–H groups in total. The van der Waals surface area contributed by atoms with Gasteiger partial charge in [0, 0.05) is 39.3 Å².